The van der Waals surface area contributed by atoms with E-state index in [1.807, 2.05) is 0 Å². The normalized spacial score (nSPS) is 11.8. The van der Waals surface area contributed by atoms with Crippen LogP contribution in [0.3, 0.4) is 0 Å². The maximum atomic E-state index is 5.61. The van der Waals surface area contributed by atoms with Crippen LogP contribution in [0.15, 0.2) is 11.8 Å². The highest BCUT2D eigenvalue weighted by Gasteiger charge is 1.97. The fourth-order valence-corrected chi connectivity index (χ4v) is 1.63. The van der Waals surface area contributed by atoms with Gasteiger partial charge in [0.1, 0.15) is 0 Å². The quantitative estimate of drug-likeness (QED) is 0.363. The van der Waals surface area contributed by atoms with Gasteiger partial charge in [0.05, 0.1) is 12.4 Å². The smallest absolute Gasteiger partial charge is 0.0919 e. The molecule has 0 heterocycles. The van der Waals surface area contributed by atoms with E-state index in [2.05, 4.69) is 26.8 Å². The molecule has 0 aliphatic heterocycles. The monoisotopic (exact) mass is 212 g/mol. The molecule has 0 aromatic heterocycles. The average Bonchev–Trinajstić information content (AvgIpc) is 2.25. The van der Waals surface area contributed by atoms with Gasteiger partial charge in [-0.05, 0) is 25.8 Å². The van der Waals surface area contributed by atoms with Crippen LogP contribution in [0.25, 0.3) is 0 Å². The fraction of sp³-hybridized carbons (Fsp3) is 0.857. The van der Waals surface area contributed by atoms with Gasteiger partial charge >= 0.3 is 0 Å². The van der Waals surface area contributed by atoms with Crippen molar-refractivity contribution >= 4 is 0 Å². The van der Waals surface area contributed by atoms with Gasteiger partial charge in [-0.3, -0.25) is 0 Å². The first-order chi connectivity index (χ1) is 7.35. The molecule has 0 fully saturated rings. The van der Waals surface area contributed by atoms with Gasteiger partial charge in [0.2, 0.25) is 0 Å². The Kier molecular flexibility index (Phi) is 11.3. The van der Waals surface area contributed by atoms with E-state index in [9.17, 15) is 0 Å². The maximum absolute atomic E-state index is 5.61. The summed E-state index contributed by atoms with van der Waals surface area (Å²) in [4.78, 5) is 0. The maximum Gasteiger partial charge on any atom is 0.0919 e. The molecule has 0 spiro atoms. The van der Waals surface area contributed by atoms with Gasteiger partial charge in [0.25, 0.3) is 0 Å². The predicted octanol–water partition coefficient (Wildman–Crippen LogP) is 5.07. The van der Waals surface area contributed by atoms with E-state index >= 15 is 0 Å². The van der Waals surface area contributed by atoms with Crippen LogP contribution in [0.4, 0.5) is 0 Å². The number of allylic oxidation sites excluding steroid dienone is 2. The van der Waals surface area contributed by atoms with E-state index in [1.54, 1.807) is 0 Å². The Bertz CT molecular complexity index is 149. The fourth-order valence-electron chi connectivity index (χ4n) is 1.63. The lowest BCUT2D eigenvalue weighted by Gasteiger charge is -2.08. The topological polar surface area (TPSA) is 9.23 Å². The molecular formula is C14H28O. The summed E-state index contributed by atoms with van der Waals surface area (Å²) in [5.41, 5.74) is 0. The van der Waals surface area contributed by atoms with Crippen LogP contribution in [0, 0.1) is 0 Å². The van der Waals surface area contributed by atoms with Gasteiger partial charge < -0.3 is 4.74 Å². The Balaban J connectivity index is 3.56. The molecule has 1 heteroatoms. The minimum absolute atomic E-state index is 0.810. The summed E-state index contributed by atoms with van der Waals surface area (Å²) >= 11 is 0. The second-order valence-corrected chi connectivity index (χ2v) is 4.06. The van der Waals surface area contributed by atoms with E-state index in [1.165, 1.54) is 44.3 Å². The second kappa shape index (κ2) is 11.6. The first-order valence-corrected chi connectivity index (χ1v) is 6.66. The molecule has 0 atom stereocenters. The molecule has 0 N–H and O–H groups in total. The van der Waals surface area contributed by atoms with E-state index in [0.29, 0.717) is 0 Å². The molecule has 0 aliphatic rings. The molecule has 0 unspecified atom stereocenters. The molecule has 0 aromatic rings. The molecule has 0 saturated heterocycles. The van der Waals surface area contributed by atoms with Crippen molar-refractivity contribution in [2.75, 3.05) is 6.61 Å². The average molecular weight is 212 g/mol. The zero-order chi connectivity index (χ0) is 11.4. The third-order valence-electron chi connectivity index (χ3n) is 2.52. The van der Waals surface area contributed by atoms with Crippen LogP contribution < -0.4 is 0 Å². The van der Waals surface area contributed by atoms with Crippen LogP contribution in [-0.4, -0.2) is 6.61 Å². The lowest BCUT2D eigenvalue weighted by Crippen LogP contribution is -1.92. The van der Waals surface area contributed by atoms with Crippen molar-refractivity contribution in [3.63, 3.8) is 0 Å². The minimum atomic E-state index is 0.810. The molecule has 0 radical (unpaired) electrons. The van der Waals surface area contributed by atoms with Crippen molar-refractivity contribution in [2.45, 2.75) is 72.1 Å². The summed E-state index contributed by atoms with van der Waals surface area (Å²) in [6.07, 6.45) is 12.5. The molecule has 0 rings (SSSR count). The van der Waals surface area contributed by atoms with Crippen LogP contribution in [0.5, 0.6) is 0 Å². The highest BCUT2D eigenvalue weighted by Crippen LogP contribution is 2.13. The van der Waals surface area contributed by atoms with Crippen molar-refractivity contribution in [2.24, 2.45) is 0 Å². The lowest BCUT2D eigenvalue weighted by atomic mass is 10.1. The lowest BCUT2D eigenvalue weighted by molar-refractivity contribution is 0.215. The SMILES string of the molecule is CCCC=C(CCCCCCC)OCC. The van der Waals surface area contributed by atoms with Crippen molar-refractivity contribution < 1.29 is 4.74 Å². The molecule has 90 valence electrons. The third kappa shape index (κ3) is 9.84. The van der Waals surface area contributed by atoms with Gasteiger partial charge in [0, 0.05) is 6.42 Å². The van der Waals surface area contributed by atoms with Crippen LogP contribution in [0.1, 0.15) is 72.1 Å². The van der Waals surface area contributed by atoms with E-state index in [-0.39, 0.29) is 0 Å². The molecule has 0 aliphatic carbocycles. The van der Waals surface area contributed by atoms with E-state index in [4.69, 9.17) is 4.74 Å². The Labute approximate surface area is 95.9 Å². The van der Waals surface area contributed by atoms with Gasteiger partial charge in [-0.1, -0.05) is 46.0 Å². The van der Waals surface area contributed by atoms with Crippen LogP contribution >= 0.6 is 0 Å². The minimum Gasteiger partial charge on any atom is -0.499 e. The van der Waals surface area contributed by atoms with Gasteiger partial charge in [-0.25, -0.2) is 0 Å². The van der Waals surface area contributed by atoms with Gasteiger partial charge in [-0.15, -0.1) is 0 Å². The first-order valence-electron chi connectivity index (χ1n) is 6.66. The first kappa shape index (κ1) is 14.5. The molecule has 0 amide bonds. The summed E-state index contributed by atoms with van der Waals surface area (Å²) in [5, 5.41) is 0. The number of unbranched alkanes of at least 4 members (excludes halogenated alkanes) is 5. The highest BCUT2D eigenvalue weighted by atomic mass is 16.5. The van der Waals surface area contributed by atoms with Gasteiger partial charge in [-0.2, -0.15) is 0 Å². The summed E-state index contributed by atoms with van der Waals surface area (Å²) in [7, 11) is 0. The van der Waals surface area contributed by atoms with Crippen LogP contribution in [-0.2, 0) is 4.74 Å². The van der Waals surface area contributed by atoms with Crippen molar-refractivity contribution in [1.29, 1.82) is 0 Å². The van der Waals surface area contributed by atoms with E-state index in [0.717, 1.165) is 19.4 Å². The van der Waals surface area contributed by atoms with Crippen LogP contribution in [0.2, 0.25) is 0 Å². The number of hydrogen-bond donors (Lipinski definition) is 0. The van der Waals surface area contributed by atoms with Crippen molar-refractivity contribution in [1.82, 2.24) is 0 Å². The zero-order valence-electron chi connectivity index (χ0n) is 10.8. The molecule has 15 heavy (non-hydrogen) atoms. The molecule has 0 bridgehead atoms. The number of ether oxygens (including phenoxy) is 1. The summed E-state index contributed by atoms with van der Waals surface area (Å²) in [6.45, 7) is 7.34. The van der Waals surface area contributed by atoms with Gasteiger partial charge in [0.15, 0.2) is 0 Å². The largest absolute Gasteiger partial charge is 0.499 e. The third-order valence-corrected chi connectivity index (χ3v) is 2.52. The molecule has 0 aromatic carbocycles. The summed E-state index contributed by atoms with van der Waals surface area (Å²) < 4.78 is 5.61. The molecular weight excluding hydrogens is 184 g/mol. The molecule has 1 nitrogen and oxygen atoms in total. The second-order valence-electron chi connectivity index (χ2n) is 4.06. The Morgan fingerprint density at radius 2 is 1.67 bits per heavy atom. The standard InChI is InChI=1S/C14H28O/c1-4-7-9-10-11-13-14(15-6-3)12-8-5-2/h12H,4-11,13H2,1-3H3. The van der Waals surface area contributed by atoms with E-state index < -0.39 is 0 Å². The Morgan fingerprint density at radius 3 is 2.27 bits per heavy atom. The molecule has 0 saturated carbocycles. The summed E-state index contributed by atoms with van der Waals surface area (Å²) in [6, 6.07) is 0. The predicted molar refractivity (Wildman–Crippen MR) is 68.0 cm³/mol. The zero-order valence-corrected chi connectivity index (χ0v) is 10.8. The highest BCUT2D eigenvalue weighted by molar-refractivity contribution is 4.92. The number of rotatable bonds is 10. The Morgan fingerprint density at radius 1 is 0.933 bits per heavy atom. The Hall–Kier alpha value is -0.460. The summed E-state index contributed by atoms with van der Waals surface area (Å²) in [5.74, 6) is 1.22. The number of hydrogen-bond acceptors (Lipinski definition) is 1. The van der Waals surface area contributed by atoms with Crippen molar-refractivity contribution in [3.8, 4) is 0 Å². The van der Waals surface area contributed by atoms with Crippen molar-refractivity contribution in [3.05, 3.63) is 11.8 Å².